The summed E-state index contributed by atoms with van der Waals surface area (Å²) < 4.78 is 12.0. The zero-order valence-corrected chi connectivity index (χ0v) is 23.4. The number of piperazine rings is 1. The van der Waals surface area contributed by atoms with Gasteiger partial charge in [-0.3, -0.25) is 4.79 Å². The smallest absolute Gasteiger partial charge is 0.248 e. The zero-order chi connectivity index (χ0) is 27.0. The Bertz CT molecular complexity index is 1210. The summed E-state index contributed by atoms with van der Waals surface area (Å²) in [6.45, 7) is 5.82. The number of nitrogens with zero attached hydrogens (tertiary/aromatic N) is 2. The van der Waals surface area contributed by atoms with Crippen LogP contribution in [0.25, 0.3) is 0 Å². The van der Waals surface area contributed by atoms with Gasteiger partial charge >= 0.3 is 0 Å². The SMILES string of the molecule is Cc1cc(NC2CCC(OCC(=O)N3CCN(c4ccc(OCc5ccccc5)cc4)CC3)CC2)ccc1Cl. The van der Waals surface area contributed by atoms with E-state index in [1.54, 1.807) is 0 Å². The monoisotopic (exact) mass is 547 g/mol. The van der Waals surface area contributed by atoms with Gasteiger partial charge in [0.15, 0.2) is 0 Å². The van der Waals surface area contributed by atoms with Gasteiger partial charge in [0.05, 0.1) is 6.10 Å². The summed E-state index contributed by atoms with van der Waals surface area (Å²) in [5, 5.41) is 4.41. The fourth-order valence-corrected chi connectivity index (χ4v) is 5.45. The van der Waals surface area contributed by atoms with E-state index in [1.165, 1.54) is 0 Å². The van der Waals surface area contributed by atoms with Crippen molar-refractivity contribution < 1.29 is 14.3 Å². The van der Waals surface area contributed by atoms with Crippen LogP contribution in [0.4, 0.5) is 11.4 Å². The molecule has 0 aromatic heterocycles. The first-order valence-corrected chi connectivity index (χ1v) is 14.3. The molecule has 1 saturated heterocycles. The van der Waals surface area contributed by atoms with Crippen LogP contribution in [0.1, 0.15) is 36.8 Å². The lowest BCUT2D eigenvalue weighted by molar-refractivity contribution is -0.139. The first-order valence-electron chi connectivity index (χ1n) is 14.0. The van der Waals surface area contributed by atoms with Gasteiger partial charge in [-0.05, 0) is 86.2 Å². The molecule has 0 atom stereocenters. The van der Waals surface area contributed by atoms with Gasteiger partial charge in [-0.1, -0.05) is 41.9 Å². The number of anilines is 2. The van der Waals surface area contributed by atoms with E-state index in [0.29, 0.717) is 25.7 Å². The van der Waals surface area contributed by atoms with Crippen LogP contribution in [0, 0.1) is 6.92 Å². The first kappa shape index (κ1) is 27.4. The Hall–Kier alpha value is -3.22. The Labute approximate surface area is 236 Å². The number of halogens is 1. The lowest BCUT2D eigenvalue weighted by Gasteiger charge is -2.36. The number of ether oxygens (including phenoxy) is 2. The number of carbonyl (C=O) groups excluding carboxylic acids is 1. The molecule has 0 spiro atoms. The van der Waals surface area contributed by atoms with Crippen LogP contribution in [0.5, 0.6) is 5.75 Å². The van der Waals surface area contributed by atoms with E-state index in [9.17, 15) is 4.79 Å². The van der Waals surface area contributed by atoms with E-state index in [1.807, 2.05) is 54.3 Å². The van der Waals surface area contributed by atoms with Crippen LogP contribution < -0.4 is 15.0 Å². The van der Waals surface area contributed by atoms with E-state index in [4.69, 9.17) is 21.1 Å². The summed E-state index contributed by atoms with van der Waals surface area (Å²) in [4.78, 5) is 17.1. The number of carbonyl (C=O) groups is 1. The van der Waals surface area contributed by atoms with Crippen molar-refractivity contribution in [3.8, 4) is 5.75 Å². The molecule has 1 N–H and O–H groups in total. The van der Waals surface area contributed by atoms with Crippen molar-refractivity contribution in [2.45, 2.75) is 51.4 Å². The quantitative estimate of drug-likeness (QED) is 0.340. The van der Waals surface area contributed by atoms with Crippen LogP contribution in [-0.2, 0) is 16.1 Å². The highest BCUT2D eigenvalue weighted by Gasteiger charge is 2.25. The summed E-state index contributed by atoms with van der Waals surface area (Å²) in [6.07, 6.45) is 4.17. The van der Waals surface area contributed by atoms with E-state index in [-0.39, 0.29) is 18.6 Å². The molecule has 206 valence electrons. The molecule has 0 unspecified atom stereocenters. The summed E-state index contributed by atoms with van der Waals surface area (Å²) in [5.74, 6) is 0.953. The predicted octanol–water partition coefficient (Wildman–Crippen LogP) is 6.32. The second kappa shape index (κ2) is 13.2. The van der Waals surface area contributed by atoms with E-state index in [2.05, 4.69) is 40.5 Å². The second-order valence-electron chi connectivity index (χ2n) is 10.5. The lowest BCUT2D eigenvalue weighted by Crippen LogP contribution is -2.50. The van der Waals surface area contributed by atoms with Crippen LogP contribution in [0.3, 0.4) is 0 Å². The van der Waals surface area contributed by atoms with Gasteiger partial charge in [-0.15, -0.1) is 0 Å². The van der Waals surface area contributed by atoms with Gasteiger partial charge in [0.2, 0.25) is 5.91 Å². The van der Waals surface area contributed by atoms with Crippen LogP contribution in [-0.4, -0.2) is 55.7 Å². The number of hydrogen-bond donors (Lipinski definition) is 1. The van der Waals surface area contributed by atoms with E-state index in [0.717, 1.165) is 72.0 Å². The molecule has 3 aromatic carbocycles. The van der Waals surface area contributed by atoms with Gasteiger partial charge < -0.3 is 24.6 Å². The summed E-state index contributed by atoms with van der Waals surface area (Å²) in [5.41, 5.74) is 4.51. The highest BCUT2D eigenvalue weighted by molar-refractivity contribution is 6.31. The molecule has 0 bridgehead atoms. The third-order valence-corrected chi connectivity index (χ3v) is 8.15. The fourth-order valence-electron chi connectivity index (χ4n) is 5.33. The molecule has 2 fully saturated rings. The Morgan fingerprint density at radius 1 is 0.923 bits per heavy atom. The Morgan fingerprint density at radius 3 is 2.33 bits per heavy atom. The van der Waals surface area contributed by atoms with Crippen molar-refractivity contribution in [2.75, 3.05) is 43.0 Å². The van der Waals surface area contributed by atoms with Crippen molar-refractivity contribution in [1.29, 1.82) is 0 Å². The highest BCUT2D eigenvalue weighted by atomic mass is 35.5. The minimum Gasteiger partial charge on any atom is -0.489 e. The summed E-state index contributed by atoms with van der Waals surface area (Å²) >= 11 is 6.14. The van der Waals surface area contributed by atoms with Crippen molar-refractivity contribution >= 4 is 28.9 Å². The Balaban J connectivity index is 0.991. The van der Waals surface area contributed by atoms with Gasteiger partial charge in [-0.25, -0.2) is 0 Å². The number of benzene rings is 3. The van der Waals surface area contributed by atoms with Crippen molar-refractivity contribution in [3.63, 3.8) is 0 Å². The second-order valence-corrected chi connectivity index (χ2v) is 10.9. The normalized spacial score (nSPS) is 19.5. The molecule has 1 saturated carbocycles. The molecule has 0 radical (unpaired) electrons. The molecular formula is C32H38ClN3O3. The molecule has 1 amide bonds. The average molecular weight is 548 g/mol. The highest BCUT2D eigenvalue weighted by Crippen LogP contribution is 2.27. The molecule has 6 nitrogen and oxygen atoms in total. The summed E-state index contributed by atoms with van der Waals surface area (Å²) in [6, 6.07) is 24.9. The lowest BCUT2D eigenvalue weighted by atomic mass is 9.92. The van der Waals surface area contributed by atoms with Crippen molar-refractivity contribution in [2.24, 2.45) is 0 Å². The number of amides is 1. The maximum Gasteiger partial charge on any atom is 0.248 e. The fraction of sp³-hybridized carbons (Fsp3) is 0.406. The van der Waals surface area contributed by atoms with Gasteiger partial charge in [-0.2, -0.15) is 0 Å². The van der Waals surface area contributed by atoms with E-state index < -0.39 is 0 Å². The number of hydrogen-bond acceptors (Lipinski definition) is 5. The molecule has 1 aliphatic carbocycles. The molecule has 5 rings (SSSR count). The molecule has 1 aliphatic heterocycles. The Kier molecular flexibility index (Phi) is 9.27. The first-order chi connectivity index (χ1) is 19.0. The summed E-state index contributed by atoms with van der Waals surface area (Å²) in [7, 11) is 0. The molecular weight excluding hydrogens is 510 g/mol. The molecule has 2 aliphatic rings. The minimum absolute atomic E-state index is 0.0937. The average Bonchev–Trinajstić information content (AvgIpc) is 2.98. The number of aryl methyl sites for hydroxylation is 1. The van der Waals surface area contributed by atoms with Crippen LogP contribution >= 0.6 is 11.6 Å². The van der Waals surface area contributed by atoms with Gasteiger partial charge in [0, 0.05) is 48.6 Å². The Morgan fingerprint density at radius 2 is 1.64 bits per heavy atom. The largest absolute Gasteiger partial charge is 0.489 e. The van der Waals surface area contributed by atoms with Gasteiger partial charge in [0.1, 0.15) is 19.0 Å². The van der Waals surface area contributed by atoms with E-state index >= 15 is 0 Å². The minimum atomic E-state index is 0.0937. The maximum absolute atomic E-state index is 12.8. The molecule has 3 aromatic rings. The zero-order valence-electron chi connectivity index (χ0n) is 22.7. The van der Waals surface area contributed by atoms with Crippen LogP contribution in [0.15, 0.2) is 72.8 Å². The third kappa shape index (κ3) is 7.68. The van der Waals surface area contributed by atoms with Gasteiger partial charge in [0.25, 0.3) is 0 Å². The maximum atomic E-state index is 12.8. The number of nitrogens with one attached hydrogen (secondary N) is 1. The molecule has 7 heteroatoms. The number of rotatable bonds is 9. The van der Waals surface area contributed by atoms with Crippen molar-refractivity contribution in [1.82, 2.24) is 4.90 Å². The standard InChI is InChI=1S/C32H38ClN3O3/c1-24-21-27(9-16-31(24)33)34-26-7-12-29(13-8-26)39-23-32(37)36-19-17-35(18-20-36)28-10-14-30(15-11-28)38-22-25-5-3-2-4-6-25/h2-6,9-11,14-16,21,26,29,34H,7-8,12-13,17-20,22-23H2,1H3. The van der Waals surface area contributed by atoms with Crippen LogP contribution in [0.2, 0.25) is 5.02 Å². The predicted molar refractivity (Wildman–Crippen MR) is 158 cm³/mol. The van der Waals surface area contributed by atoms with Crippen molar-refractivity contribution in [3.05, 3.63) is 88.9 Å². The third-order valence-electron chi connectivity index (χ3n) is 7.73. The molecule has 39 heavy (non-hydrogen) atoms. The topological polar surface area (TPSA) is 54.0 Å². The molecule has 1 heterocycles.